The molecule has 1 aliphatic rings. The van der Waals surface area contributed by atoms with Crippen LogP contribution in [0, 0.1) is 5.92 Å². The minimum Gasteiger partial charge on any atom is -0.400 e. The van der Waals surface area contributed by atoms with Gasteiger partial charge in [0, 0.05) is 7.11 Å². The Labute approximate surface area is 82.1 Å². The number of hydrogen-bond acceptors (Lipinski definition) is 3. The first-order valence-electron chi connectivity index (χ1n) is 5.18. The van der Waals surface area contributed by atoms with E-state index in [2.05, 4.69) is 17.1 Å². The van der Waals surface area contributed by atoms with Crippen molar-refractivity contribution in [2.45, 2.75) is 19.8 Å². The number of piperidine rings is 1. The second-order valence-electron chi connectivity index (χ2n) is 3.44. The second-order valence-corrected chi connectivity index (χ2v) is 3.44. The van der Waals surface area contributed by atoms with E-state index in [1.807, 2.05) is 7.05 Å². The molecule has 3 nitrogen and oxygen atoms in total. The van der Waals surface area contributed by atoms with E-state index in [1.54, 1.807) is 0 Å². The largest absolute Gasteiger partial charge is 0.400 e. The smallest absolute Gasteiger partial charge is 0.0319 e. The molecule has 3 heteroatoms. The molecule has 13 heavy (non-hydrogen) atoms. The first-order chi connectivity index (χ1) is 6.36. The zero-order chi connectivity index (χ0) is 10.1. The maximum atomic E-state index is 7.00. The maximum absolute atomic E-state index is 7.00. The Kier molecular flexibility index (Phi) is 8.40. The molecular weight excluding hydrogens is 164 g/mol. The number of rotatable bonds is 3. The summed E-state index contributed by atoms with van der Waals surface area (Å²) in [6, 6.07) is 0. The highest BCUT2D eigenvalue weighted by Crippen LogP contribution is 2.15. The van der Waals surface area contributed by atoms with Crippen LogP contribution in [0.25, 0.3) is 0 Å². The Hall–Kier alpha value is -0.120. The highest BCUT2D eigenvalue weighted by atomic mass is 16.2. The minimum absolute atomic E-state index is 0.933. The second kappa shape index (κ2) is 8.48. The van der Waals surface area contributed by atoms with E-state index in [9.17, 15) is 0 Å². The molecule has 0 aliphatic carbocycles. The van der Waals surface area contributed by atoms with E-state index in [0.29, 0.717) is 0 Å². The molecule has 0 spiro atoms. The molecule has 0 atom stereocenters. The van der Waals surface area contributed by atoms with Crippen molar-refractivity contribution in [3.8, 4) is 0 Å². The van der Waals surface area contributed by atoms with Gasteiger partial charge in [0.25, 0.3) is 0 Å². The zero-order valence-corrected chi connectivity index (χ0v) is 9.21. The molecule has 0 aromatic heterocycles. The molecule has 0 bridgehead atoms. The summed E-state index contributed by atoms with van der Waals surface area (Å²) < 4.78 is 0. The molecule has 0 saturated carbocycles. The average Bonchev–Trinajstić information content (AvgIpc) is 2.23. The predicted octanol–water partition coefficient (Wildman–Crippen LogP) is 0.546. The van der Waals surface area contributed by atoms with Crippen LogP contribution >= 0.6 is 0 Å². The average molecular weight is 188 g/mol. The van der Waals surface area contributed by atoms with Gasteiger partial charge in [-0.3, -0.25) is 0 Å². The number of nitrogens with one attached hydrogen (secondary N) is 1. The predicted molar refractivity (Wildman–Crippen MR) is 56.9 cm³/mol. The Morgan fingerprint density at radius 3 is 2.23 bits per heavy atom. The van der Waals surface area contributed by atoms with Crippen LogP contribution in [0.2, 0.25) is 0 Å². The minimum atomic E-state index is 0.933. The molecule has 80 valence electrons. The summed E-state index contributed by atoms with van der Waals surface area (Å²) in [6.07, 6.45) is 2.77. The van der Waals surface area contributed by atoms with E-state index in [4.69, 9.17) is 5.11 Å². The highest BCUT2D eigenvalue weighted by Gasteiger charge is 2.16. The normalized spacial score (nSPS) is 19.4. The highest BCUT2D eigenvalue weighted by molar-refractivity contribution is 4.72. The molecule has 1 rings (SSSR count). The molecule has 1 aliphatic heterocycles. The van der Waals surface area contributed by atoms with Gasteiger partial charge in [-0.2, -0.15) is 0 Å². The van der Waals surface area contributed by atoms with Crippen LogP contribution in [0.1, 0.15) is 19.8 Å². The molecular formula is C10H24N2O. The van der Waals surface area contributed by atoms with Crippen molar-refractivity contribution in [2.75, 3.05) is 40.3 Å². The first kappa shape index (κ1) is 12.9. The molecule has 0 amide bonds. The van der Waals surface area contributed by atoms with Gasteiger partial charge in [0.05, 0.1) is 0 Å². The molecule has 0 aromatic carbocycles. The lowest BCUT2D eigenvalue weighted by molar-refractivity contribution is 0.191. The molecule has 0 radical (unpaired) electrons. The fraction of sp³-hybridized carbons (Fsp3) is 1.00. The van der Waals surface area contributed by atoms with E-state index < -0.39 is 0 Å². The monoisotopic (exact) mass is 188 g/mol. The summed E-state index contributed by atoms with van der Waals surface area (Å²) in [6.45, 7) is 7.30. The summed E-state index contributed by atoms with van der Waals surface area (Å²) in [7, 11) is 3.05. The summed E-state index contributed by atoms with van der Waals surface area (Å²) in [5.41, 5.74) is 0. The SMILES string of the molecule is CCN1CCC(CNC)CC1.CO. The zero-order valence-electron chi connectivity index (χ0n) is 9.21. The van der Waals surface area contributed by atoms with Crippen LogP contribution in [-0.4, -0.2) is 50.3 Å². The Morgan fingerprint density at radius 1 is 1.31 bits per heavy atom. The Bertz CT molecular complexity index is 101. The molecule has 2 N–H and O–H groups in total. The van der Waals surface area contributed by atoms with Crippen molar-refractivity contribution in [3.63, 3.8) is 0 Å². The van der Waals surface area contributed by atoms with Crippen LogP contribution in [-0.2, 0) is 0 Å². The quantitative estimate of drug-likeness (QED) is 0.679. The fourth-order valence-electron chi connectivity index (χ4n) is 1.80. The van der Waals surface area contributed by atoms with Gasteiger partial charge in [-0.15, -0.1) is 0 Å². The van der Waals surface area contributed by atoms with Gasteiger partial charge in [-0.25, -0.2) is 0 Å². The van der Waals surface area contributed by atoms with Crippen LogP contribution in [0.5, 0.6) is 0 Å². The van der Waals surface area contributed by atoms with Gasteiger partial charge in [0.1, 0.15) is 0 Å². The van der Waals surface area contributed by atoms with Crippen molar-refractivity contribution in [2.24, 2.45) is 5.92 Å². The van der Waals surface area contributed by atoms with Crippen molar-refractivity contribution < 1.29 is 5.11 Å². The van der Waals surface area contributed by atoms with Gasteiger partial charge in [-0.05, 0) is 52.0 Å². The maximum Gasteiger partial charge on any atom is 0.0319 e. The van der Waals surface area contributed by atoms with Crippen LogP contribution in [0.4, 0.5) is 0 Å². The third-order valence-electron chi connectivity index (χ3n) is 2.65. The first-order valence-corrected chi connectivity index (χ1v) is 5.18. The van der Waals surface area contributed by atoms with Gasteiger partial charge in [0.15, 0.2) is 0 Å². The van der Waals surface area contributed by atoms with Crippen molar-refractivity contribution >= 4 is 0 Å². The lowest BCUT2D eigenvalue weighted by atomic mass is 9.97. The van der Waals surface area contributed by atoms with Gasteiger partial charge in [-0.1, -0.05) is 6.92 Å². The van der Waals surface area contributed by atoms with Gasteiger partial charge < -0.3 is 15.3 Å². The van der Waals surface area contributed by atoms with Crippen LogP contribution < -0.4 is 5.32 Å². The lowest BCUT2D eigenvalue weighted by Gasteiger charge is -2.30. The summed E-state index contributed by atoms with van der Waals surface area (Å²) in [5, 5.41) is 10.3. The van der Waals surface area contributed by atoms with Crippen molar-refractivity contribution in [1.82, 2.24) is 10.2 Å². The summed E-state index contributed by atoms with van der Waals surface area (Å²) in [4.78, 5) is 2.53. The van der Waals surface area contributed by atoms with E-state index in [1.165, 1.54) is 39.0 Å². The Balaban J connectivity index is 0.000000671. The third kappa shape index (κ3) is 5.24. The molecule has 0 aromatic rings. The number of likely N-dealkylation sites (tertiary alicyclic amines) is 1. The third-order valence-corrected chi connectivity index (χ3v) is 2.65. The van der Waals surface area contributed by atoms with E-state index in [-0.39, 0.29) is 0 Å². The molecule has 0 unspecified atom stereocenters. The van der Waals surface area contributed by atoms with Gasteiger partial charge in [0.2, 0.25) is 0 Å². The summed E-state index contributed by atoms with van der Waals surface area (Å²) >= 11 is 0. The molecule has 1 saturated heterocycles. The van der Waals surface area contributed by atoms with Crippen molar-refractivity contribution in [1.29, 1.82) is 0 Å². The number of nitrogens with zero attached hydrogens (tertiary/aromatic N) is 1. The van der Waals surface area contributed by atoms with E-state index in [0.717, 1.165) is 13.0 Å². The summed E-state index contributed by atoms with van der Waals surface area (Å²) in [5.74, 6) is 0.933. The number of aliphatic hydroxyl groups is 1. The topological polar surface area (TPSA) is 35.5 Å². The standard InChI is InChI=1S/C9H20N2.CH4O/c1-3-11-6-4-9(5-7-11)8-10-2;1-2/h9-10H,3-8H2,1-2H3;2H,1H3. The van der Waals surface area contributed by atoms with E-state index >= 15 is 0 Å². The molecule has 1 fully saturated rings. The van der Waals surface area contributed by atoms with Crippen LogP contribution in [0.3, 0.4) is 0 Å². The lowest BCUT2D eigenvalue weighted by Crippen LogP contribution is -2.36. The number of hydrogen-bond donors (Lipinski definition) is 2. The molecule has 1 heterocycles. The van der Waals surface area contributed by atoms with Gasteiger partial charge >= 0.3 is 0 Å². The Morgan fingerprint density at radius 2 is 1.85 bits per heavy atom. The number of aliphatic hydroxyl groups excluding tert-OH is 1. The fourth-order valence-corrected chi connectivity index (χ4v) is 1.80. The van der Waals surface area contributed by atoms with Crippen LogP contribution in [0.15, 0.2) is 0 Å². The van der Waals surface area contributed by atoms with Crippen molar-refractivity contribution in [3.05, 3.63) is 0 Å².